The van der Waals surface area contributed by atoms with Gasteiger partial charge in [0.1, 0.15) is 23.4 Å². The molecule has 2 unspecified atom stereocenters. The number of para-hydroxylation sites is 1. The summed E-state index contributed by atoms with van der Waals surface area (Å²) in [7, 11) is 0. The average molecular weight is 456 g/mol. The number of hydrogen-bond donors (Lipinski definition) is 3. The van der Waals surface area contributed by atoms with Gasteiger partial charge in [0.2, 0.25) is 0 Å². The number of carboxylic acids is 1. The van der Waals surface area contributed by atoms with Crippen molar-refractivity contribution >= 4 is 33.7 Å². The van der Waals surface area contributed by atoms with Crippen molar-refractivity contribution in [3.8, 4) is 17.5 Å². The molecule has 1 aromatic carbocycles. The number of aromatic amines is 1. The molecule has 3 aliphatic rings. The van der Waals surface area contributed by atoms with Gasteiger partial charge >= 0.3 is 5.97 Å². The quantitative estimate of drug-likeness (QED) is 0.413. The number of rotatable bonds is 4. The van der Waals surface area contributed by atoms with Crippen molar-refractivity contribution in [1.82, 2.24) is 19.9 Å². The average Bonchev–Trinajstić information content (AvgIpc) is 3.27. The SMILES string of the molecule is N#Cc1cccc2c(NC3C4CCC(CC4)C3C(=O)O)nc(-c3c[nH]c4ncc(F)cc34)nc12. The molecule has 7 rings (SSSR count). The van der Waals surface area contributed by atoms with Crippen LogP contribution in [0.1, 0.15) is 31.2 Å². The van der Waals surface area contributed by atoms with Crippen molar-refractivity contribution in [3.63, 3.8) is 0 Å². The number of benzene rings is 1. The highest BCUT2D eigenvalue weighted by Gasteiger charge is 2.47. The van der Waals surface area contributed by atoms with Gasteiger partial charge in [0.25, 0.3) is 0 Å². The lowest BCUT2D eigenvalue weighted by atomic mass is 9.61. The Morgan fingerprint density at radius 3 is 2.74 bits per heavy atom. The van der Waals surface area contributed by atoms with Crippen LogP contribution in [0.3, 0.4) is 0 Å². The van der Waals surface area contributed by atoms with Gasteiger partial charge < -0.3 is 15.4 Å². The van der Waals surface area contributed by atoms with E-state index in [1.54, 1.807) is 18.3 Å². The minimum atomic E-state index is -0.790. The molecular weight excluding hydrogens is 435 g/mol. The molecule has 0 aliphatic heterocycles. The first kappa shape index (κ1) is 20.5. The number of aromatic nitrogens is 4. The van der Waals surface area contributed by atoms with Crippen molar-refractivity contribution in [2.75, 3.05) is 5.32 Å². The summed E-state index contributed by atoms with van der Waals surface area (Å²) in [5.74, 6) is -0.584. The van der Waals surface area contributed by atoms with Crippen molar-refractivity contribution in [1.29, 1.82) is 5.26 Å². The fraction of sp³-hybridized carbons (Fsp3) is 0.320. The number of pyridine rings is 1. The number of nitrogens with one attached hydrogen (secondary N) is 2. The number of hydrogen-bond acceptors (Lipinski definition) is 6. The lowest BCUT2D eigenvalue weighted by molar-refractivity contribution is -0.148. The summed E-state index contributed by atoms with van der Waals surface area (Å²) in [6.45, 7) is 0. The standard InChI is InChI=1S/C25H21FN6O2/c26-15-8-17-18(11-29-22(17)28-10-15)24-30-20-14(9-27)2-1-3-16(20)23(32-24)31-21-13-6-4-12(5-7-13)19(21)25(33)34/h1-3,8,10-13,19,21H,4-7H2,(H,28,29)(H,33,34)(H,30,31,32). The van der Waals surface area contributed by atoms with E-state index in [-0.39, 0.29) is 17.9 Å². The minimum Gasteiger partial charge on any atom is -0.481 e. The second kappa shape index (κ2) is 7.76. The monoisotopic (exact) mass is 456 g/mol. The molecule has 2 bridgehead atoms. The highest BCUT2D eigenvalue weighted by atomic mass is 19.1. The first-order valence-electron chi connectivity index (χ1n) is 11.4. The van der Waals surface area contributed by atoms with E-state index in [0.717, 1.165) is 31.9 Å². The van der Waals surface area contributed by atoms with Crippen LogP contribution in [0.4, 0.5) is 10.2 Å². The van der Waals surface area contributed by atoms with Crippen molar-refractivity contribution in [3.05, 3.63) is 48.0 Å². The molecule has 3 saturated carbocycles. The van der Waals surface area contributed by atoms with Crippen LogP contribution in [0.15, 0.2) is 36.7 Å². The Labute approximate surface area is 193 Å². The first-order valence-corrected chi connectivity index (χ1v) is 11.4. The predicted molar refractivity (Wildman–Crippen MR) is 123 cm³/mol. The van der Waals surface area contributed by atoms with Gasteiger partial charge in [-0.15, -0.1) is 0 Å². The molecule has 3 fully saturated rings. The Kier molecular flexibility index (Phi) is 4.69. The molecule has 0 radical (unpaired) electrons. The van der Waals surface area contributed by atoms with Gasteiger partial charge in [-0.25, -0.2) is 19.3 Å². The summed E-state index contributed by atoms with van der Waals surface area (Å²) in [4.78, 5) is 28.7. The fourth-order valence-electron chi connectivity index (χ4n) is 5.81. The van der Waals surface area contributed by atoms with Crippen LogP contribution >= 0.6 is 0 Å². The molecule has 2 atom stereocenters. The van der Waals surface area contributed by atoms with Crippen LogP contribution in [-0.2, 0) is 4.79 Å². The zero-order valence-corrected chi connectivity index (χ0v) is 18.1. The Morgan fingerprint density at radius 2 is 1.97 bits per heavy atom. The second-order valence-corrected chi connectivity index (χ2v) is 9.17. The topological polar surface area (TPSA) is 128 Å². The molecule has 0 saturated heterocycles. The van der Waals surface area contributed by atoms with Gasteiger partial charge in [0.05, 0.1) is 23.2 Å². The predicted octanol–water partition coefficient (Wildman–Crippen LogP) is 4.49. The summed E-state index contributed by atoms with van der Waals surface area (Å²) in [6.07, 6.45) is 6.64. The van der Waals surface area contributed by atoms with E-state index in [2.05, 4.69) is 26.3 Å². The summed E-state index contributed by atoms with van der Waals surface area (Å²) in [6, 6.07) is 8.56. The maximum absolute atomic E-state index is 13.9. The molecule has 0 spiro atoms. The van der Waals surface area contributed by atoms with Gasteiger partial charge in [-0.2, -0.15) is 5.26 Å². The Morgan fingerprint density at radius 1 is 1.18 bits per heavy atom. The number of anilines is 1. The molecule has 3 heterocycles. The van der Waals surface area contributed by atoms with E-state index < -0.39 is 17.7 Å². The van der Waals surface area contributed by atoms with Crippen LogP contribution in [0.25, 0.3) is 33.3 Å². The zero-order chi connectivity index (χ0) is 23.4. The molecule has 9 heteroatoms. The zero-order valence-electron chi connectivity index (χ0n) is 18.1. The number of nitrogens with zero attached hydrogens (tertiary/aromatic N) is 4. The maximum atomic E-state index is 13.9. The van der Waals surface area contributed by atoms with E-state index in [9.17, 15) is 19.6 Å². The molecule has 0 amide bonds. The van der Waals surface area contributed by atoms with Gasteiger partial charge in [-0.3, -0.25) is 4.79 Å². The summed E-state index contributed by atoms with van der Waals surface area (Å²) in [5, 5.41) is 24.3. The van der Waals surface area contributed by atoms with Gasteiger partial charge in [0.15, 0.2) is 5.82 Å². The summed E-state index contributed by atoms with van der Waals surface area (Å²) in [5.41, 5.74) is 1.90. The smallest absolute Gasteiger partial charge is 0.308 e. The fourth-order valence-corrected chi connectivity index (χ4v) is 5.81. The molecule has 8 nitrogen and oxygen atoms in total. The van der Waals surface area contributed by atoms with Crippen LogP contribution in [0.2, 0.25) is 0 Å². The Bertz CT molecular complexity index is 1480. The molecule has 3 aliphatic carbocycles. The van der Waals surface area contributed by atoms with E-state index in [1.807, 2.05) is 6.07 Å². The van der Waals surface area contributed by atoms with Gasteiger partial charge in [-0.05, 0) is 55.7 Å². The van der Waals surface area contributed by atoms with Gasteiger partial charge in [0, 0.05) is 28.6 Å². The first-order chi connectivity index (χ1) is 16.5. The van der Waals surface area contributed by atoms with E-state index in [4.69, 9.17) is 4.98 Å². The van der Waals surface area contributed by atoms with Crippen molar-refractivity contribution in [2.45, 2.75) is 31.7 Å². The number of H-pyrrole nitrogens is 1. The van der Waals surface area contributed by atoms with Crippen molar-refractivity contribution in [2.24, 2.45) is 17.8 Å². The maximum Gasteiger partial charge on any atom is 0.308 e. The second-order valence-electron chi connectivity index (χ2n) is 9.17. The molecular formula is C25H21FN6O2. The van der Waals surface area contributed by atoms with Crippen LogP contribution < -0.4 is 5.32 Å². The van der Waals surface area contributed by atoms with Crippen LogP contribution in [-0.4, -0.2) is 37.1 Å². The van der Waals surface area contributed by atoms with Crippen molar-refractivity contribution < 1.29 is 14.3 Å². The highest BCUT2D eigenvalue weighted by Crippen LogP contribution is 2.46. The summed E-state index contributed by atoms with van der Waals surface area (Å²) >= 11 is 0. The lowest BCUT2D eigenvalue weighted by Gasteiger charge is -2.47. The number of aliphatic carboxylic acids is 1. The molecule has 3 aromatic heterocycles. The lowest BCUT2D eigenvalue weighted by Crippen LogP contribution is -2.51. The number of nitriles is 1. The van der Waals surface area contributed by atoms with Gasteiger partial charge in [-0.1, -0.05) is 6.07 Å². The number of halogens is 1. The minimum absolute atomic E-state index is 0.143. The third-order valence-corrected chi connectivity index (χ3v) is 7.39. The van der Waals surface area contributed by atoms with E-state index in [0.29, 0.717) is 44.7 Å². The number of carboxylic acid groups (broad SMARTS) is 1. The highest BCUT2D eigenvalue weighted by molar-refractivity contribution is 5.97. The molecule has 3 N–H and O–H groups in total. The number of carbonyl (C=O) groups is 1. The molecule has 170 valence electrons. The Balaban J connectivity index is 1.53. The van der Waals surface area contributed by atoms with E-state index in [1.165, 1.54) is 6.07 Å². The third-order valence-electron chi connectivity index (χ3n) is 7.39. The summed E-state index contributed by atoms with van der Waals surface area (Å²) < 4.78 is 13.9. The Hall–Kier alpha value is -4.06. The number of fused-ring (bicyclic) bond motifs is 5. The largest absolute Gasteiger partial charge is 0.481 e. The van der Waals surface area contributed by atoms with Crippen LogP contribution in [0, 0.1) is 34.9 Å². The third kappa shape index (κ3) is 3.17. The van der Waals surface area contributed by atoms with E-state index >= 15 is 0 Å². The normalized spacial score (nSPS) is 23.8. The molecule has 4 aromatic rings. The van der Waals surface area contributed by atoms with Crippen LogP contribution in [0.5, 0.6) is 0 Å². The molecule has 34 heavy (non-hydrogen) atoms.